The van der Waals surface area contributed by atoms with Crippen LogP contribution in [-0.4, -0.2) is 42.5 Å². The van der Waals surface area contributed by atoms with Crippen LogP contribution in [0.15, 0.2) is 78.9 Å². The lowest BCUT2D eigenvalue weighted by molar-refractivity contribution is -0.141. The molecule has 1 saturated heterocycles. The number of amides is 2. The van der Waals surface area contributed by atoms with Gasteiger partial charge in [-0.15, -0.1) is 0 Å². The molecular formula is C26H24Cl2N2O3. The molecule has 7 heteroatoms. The molecule has 0 radical (unpaired) electrons. The van der Waals surface area contributed by atoms with Crippen LogP contribution in [0, 0.1) is 0 Å². The zero-order valence-corrected chi connectivity index (χ0v) is 19.4. The van der Waals surface area contributed by atoms with E-state index in [9.17, 15) is 9.59 Å². The topological polar surface area (TPSA) is 58.6 Å². The van der Waals surface area contributed by atoms with E-state index in [4.69, 9.17) is 27.9 Å². The van der Waals surface area contributed by atoms with Crippen molar-refractivity contribution in [2.75, 3.05) is 19.7 Å². The summed E-state index contributed by atoms with van der Waals surface area (Å²) >= 11 is 12.2. The molecule has 3 aromatic rings. The Morgan fingerprint density at radius 2 is 1.70 bits per heavy atom. The van der Waals surface area contributed by atoms with Gasteiger partial charge in [0.1, 0.15) is 12.1 Å². The fraction of sp³-hybridized carbons (Fsp3) is 0.231. The molecule has 170 valence electrons. The Hall–Kier alpha value is -2.86. The zero-order chi connectivity index (χ0) is 23.2. The summed E-state index contributed by atoms with van der Waals surface area (Å²) in [4.78, 5) is 28.4. The number of nitrogens with one attached hydrogen (secondary N) is 1. The van der Waals surface area contributed by atoms with Crippen LogP contribution in [0.3, 0.4) is 0 Å². The smallest absolute Gasteiger partial charge is 0.253 e. The fourth-order valence-electron chi connectivity index (χ4n) is 3.90. The van der Waals surface area contributed by atoms with Gasteiger partial charge in [-0.2, -0.15) is 0 Å². The van der Waals surface area contributed by atoms with Crippen molar-refractivity contribution in [2.24, 2.45) is 0 Å². The summed E-state index contributed by atoms with van der Waals surface area (Å²) in [6.45, 7) is 1.32. The Bertz CT molecular complexity index is 1110. The van der Waals surface area contributed by atoms with Gasteiger partial charge in [-0.25, -0.2) is 0 Å². The van der Waals surface area contributed by atoms with Gasteiger partial charge in [0, 0.05) is 18.0 Å². The SMILES string of the molecule is O=C(N[C@@H](Cc1ccccc1)C(=O)N1CCO[C@@H](c2ccccc2)C1)c1ccc(Cl)cc1Cl. The number of hydrogen-bond donors (Lipinski definition) is 1. The van der Waals surface area contributed by atoms with Crippen LogP contribution in [0.4, 0.5) is 0 Å². The molecule has 3 aromatic carbocycles. The second-order valence-electron chi connectivity index (χ2n) is 7.89. The van der Waals surface area contributed by atoms with Crippen LogP contribution in [0.25, 0.3) is 0 Å². The van der Waals surface area contributed by atoms with Crippen molar-refractivity contribution in [1.29, 1.82) is 0 Å². The number of ether oxygens (including phenoxy) is 1. The van der Waals surface area contributed by atoms with Crippen molar-refractivity contribution in [3.8, 4) is 0 Å². The van der Waals surface area contributed by atoms with Crippen LogP contribution >= 0.6 is 23.2 Å². The van der Waals surface area contributed by atoms with E-state index < -0.39 is 11.9 Å². The maximum Gasteiger partial charge on any atom is 0.253 e. The van der Waals surface area contributed by atoms with Crippen LogP contribution < -0.4 is 5.32 Å². The molecule has 0 bridgehead atoms. The highest BCUT2D eigenvalue weighted by molar-refractivity contribution is 6.36. The molecule has 0 saturated carbocycles. The molecule has 4 rings (SSSR count). The fourth-order valence-corrected chi connectivity index (χ4v) is 4.39. The van der Waals surface area contributed by atoms with Crippen LogP contribution in [0.5, 0.6) is 0 Å². The predicted molar refractivity (Wildman–Crippen MR) is 130 cm³/mol. The molecule has 0 aliphatic carbocycles. The number of carbonyl (C=O) groups is 2. The van der Waals surface area contributed by atoms with Crippen molar-refractivity contribution in [3.63, 3.8) is 0 Å². The first-order valence-electron chi connectivity index (χ1n) is 10.8. The van der Waals surface area contributed by atoms with E-state index >= 15 is 0 Å². The number of hydrogen-bond acceptors (Lipinski definition) is 3. The van der Waals surface area contributed by atoms with Crippen LogP contribution in [-0.2, 0) is 16.0 Å². The largest absolute Gasteiger partial charge is 0.370 e. The Morgan fingerprint density at radius 3 is 2.39 bits per heavy atom. The normalized spacial score (nSPS) is 16.8. The maximum absolute atomic E-state index is 13.6. The van der Waals surface area contributed by atoms with E-state index in [0.29, 0.717) is 31.1 Å². The summed E-state index contributed by atoms with van der Waals surface area (Å²) in [5.74, 6) is -0.569. The summed E-state index contributed by atoms with van der Waals surface area (Å²) in [6, 6.07) is 23.4. The van der Waals surface area contributed by atoms with Gasteiger partial charge < -0.3 is 15.0 Å². The first-order chi connectivity index (χ1) is 16.0. The molecule has 0 aromatic heterocycles. The average molecular weight is 483 g/mol. The third-order valence-electron chi connectivity index (χ3n) is 5.61. The number of carbonyl (C=O) groups excluding carboxylic acids is 2. The highest BCUT2D eigenvalue weighted by Gasteiger charge is 2.31. The molecule has 0 spiro atoms. The van der Waals surface area contributed by atoms with Gasteiger partial charge in [-0.1, -0.05) is 83.9 Å². The number of halogens is 2. The van der Waals surface area contributed by atoms with Crippen LogP contribution in [0.2, 0.25) is 10.0 Å². The first kappa shape index (κ1) is 23.3. The van der Waals surface area contributed by atoms with E-state index in [1.165, 1.54) is 6.07 Å². The lowest BCUT2D eigenvalue weighted by Crippen LogP contribution is -2.53. The number of benzene rings is 3. The summed E-state index contributed by atoms with van der Waals surface area (Å²) in [7, 11) is 0. The van der Waals surface area contributed by atoms with Gasteiger partial charge in [0.2, 0.25) is 5.91 Å². The van der Waals surface area contributed by atoms with E-state index in [1.807, 2.05) is 60.7 Å². The van der Waals surface area contributed by atoms with E-state index in [-0.39, 0.29) is 22.6 Å². The average Bonchev–Trinajstić information content (AvgIpc) is 2.84. The van der Waals surface area contributed by atoms with E-state index in [2.05, 4.69) is 5.32 Å². The zero-order valence-electron chi connectivity index (χ0n) is 17.9. The summed E-state index contributed by atoms with van der Waals surface area (Å²) in [5, 5.41) is 3.57. The van der Waals surface area contributed by atoms with Gasteiger partial charge in [-0.3, -0.25) is 9.59 Å². The van der Waals surface area contributed by atoms with Gasteiger partial charge in [0.05, 0.1) is 23.7 Å². The van der Waals surface area contributed by atoms with Gasteiger partial charge in [0.25, 0.3) is 5.91 Å². The van der Waals surface area contributed by atoms with E-state index in [0.717, 1.165) is 11.1 Å². The van der Waals surface area contributed by atoms with Gasteiger partial charge in [0.15, 0.2) is 0 Å². The highest BCUT2D eigenvalue weighted by atomic mass is 35.5. The molecule has 2 amide bonds. The number of nitrogens with zero attached hydrogens (tertiary/aromatic N) is 1. The molecule has 1 aliphatic rings. The van der Waals surface area contributed by atoms with Gasteiger partial charge >= 0.3 is 0 Å². The van der Waals surface area contributed by atoms with Crippen molar-refractivity contribution >= 4 is 35.0 Å². The minimum absolute atomic E-state index is 0.151. The van der Waals surface area contributed by atoms with Crippen molar-refractivity contribution in [3.05, 3.63) is 106 Å². The Balaban J connectivity index is 1.54. The minimum atomic E-state index is -0.749. The van der Waals surface area contributed by atoms with Gasteiger partial charge in [-0.05, 0) is 29.3 Å². The monoisotopic (exact) mass is 482 g/mol. The quantitative estimate of drug-likeness (QED) is 0.541. The Labute approximate surface area is 203 Å². The third-order valence-corrected chi connectivity index (χ3v) is 6.16. The molecule has 2 atom stereocenters. The molecule has 5 nitrogen and oxygen atoms in total. The number of morpholine rings is 1. The molecule has 0 unspecified atom stereocenters. The Morgan fingerprint density at radius 1 is 1.00 bits per heavy atom. The molecule has 33 heavy (non-hydrogen) atoms. The van der Waals surface area contributed by atoms with Crippen molar-refractivity contribution in [1.82, 2.24) is 10.2 Å². The standard InChI is InChI=1S/C26H24Cl2N2O3/c27-20-11-12-21(22(28)16-20)25(31)29-23(15-18-7-3-1-4-8-18)26(32)30-13-14-33-24(17-30)19-9-5-2-6-10-19/h1-12,16,23-24H,13-15,17H2,(H,29,31)/t23-,24+/m0/s1. The molecular weight excluding hydrogens is 459 g/mol. The lowest BCUT2D eigenvalue weighted by atomic mass is 10.0. The van der Waals surface area contributed by atoms with Crippen LogP contribution in [0.1, 0.15) is 27.6 Å². The van der Waals surface area contributed by atoms with E-state index in [1.54, 1.807) is 17.0 Å². The number of rotatable bonds is 6. The van der Waals surface area contributed by atoms with Crippen molar-refractivity contribution < 1.29 is 14.3 Å². The maximum atomic E-state index is 13.6. The summed E-state index contributed by atoms with van der Waals surface area (Å²) in [5.41, 5.74) is 2.24. The Kier molecular flexibility index (Phi) is 7.65. The summed E-state index contributed by atoms with van der Waals surface area (Å²) in [6.07, 6.45) is 0.159. The second-order valence-corrected chi connectivity index (χ2v) is 8.74. The second kappa shape index (κ2) is 10.8. The third kappa shape index (κ3) is 5.93. The lowest BCUT2D eigenvalue weighted by Gasteiger charge is -2.35. The molecule has 1 heterocycles. The molecule has 1 aliphatic heterocycles. The molecule has 1 fully saturated rings. The van der Waals surface area contributed by atoms with Crippen molar-refractivity contribution in [2.45, 2.75) is 18.6 Å². The summed E-state index contributed by atoms with van der Waals surface area (Å²) < 4.78 is 5.91. The highest BCUT2D eigenvalue weighted by Crippen LogP contribution is 2.24. The molecule has 1 N–H and O–H groups in total. The minimum Gasteiger partial charge on any atom is -0.370 e. The first-order valence-corrected chi connectivity index (χ1v) is 11.5. The predicted octanol–water partition coefficient (Wildman–Crippen LogP) is 4.93.